The summed E-state index contributed by atoms with van der Waals surface area (Å²) in [7, 11) is 0. The molecule has 0 aliphatic carbocycles. The SMILES string of the molecule is CCOC(=O)CC(O)Cn1cnc([N+](=O)[O-])c1. The molecule has 17 heavy (non-hydrogen) atoms. The Morgan fingerprint density at radius 1 is 1.76 bits per heavy atom. The van der Waals surface area contributed by atoms with Crippen LogP contribution in [-0.4, -0.2) is 38.3 Å². The average molecular weight is 243 g/mol. The van der Waals surface area contributed by atoms with E-state index >= 15 is 0 Å². The molecule has 0 fully saturated rings. The summed E-state index contributed by atoms with van der Waals surface area (Å²) in [5.74, 6) is -0.803. The van der Waals surface area contributed by atoms with Crippen molar-refractivity contribution in [3.63, 3.8) is 0 Å². The zero-order valence-electron chi connectivity index (χ0n) is 9.28. The largest absolute Gasteiger partial charge is 0.466 e. The number of imidazole rings is 1. The Balaban J connectivity index is 2.47. The summed E-state index contributed by atoms with van der Waals surface area (Å²) in [6.07, 6.45) is 1.31. The third kappa shape index (κ3) is 4.19. The lowest BCUT2D eigenvalue weighted by molar-refractivity contribution is -0.389. The van der Waals surface area contributed by atoms with Gasteiger partial charge in [0.15, 0.2) is 0 Å². The second-order valence-corrected chi connectivity index (χ2v) is 3.35. The van der Waals surface area contributed by atoms with E-state index in [9.17, 15) is 20.0 Å². The van der Waals surface area contributed by atoms with Crippen molar-refractivity contribution < 1.29 is 19.6 Å². The molecule has 0 bridgehead atoms. The maximum Gasteiger partial charge on any atom is 0.381 e. The molecule has 1 rings (SSSR count). The smallest absolute Gasteiger partial charge is 0.381 e. The van der Waals surface area contributed by atoms with Crippen molar-refractivity contribution in [1.82, 2.24) is 9.55 Å². The Kier molecular flexibility index (Phi) is 4.58. The average Bonchev–Trinajstić information content (AvgIpc) is 2.66. The lowest BCUT2D eigenvalue weighted by Crippen LogP contribution is -2.20. The molecule has 0 spiro atoms. The molecule has 0 aromatic carbocycles. The predicted molar refractivity (Wildman–Crippen MR) is 56.1 cm³/mol. The van der Waals surface area contributed by atoms with Crippen LogP contribution in [0.3, 0.4) is 0 Å². The number of aromatic nitrogens is 2. The quantitative estimate of drug-likeness (QED) is 0.431. The van der Waals surface area contributed by atoms with E-state index in [1.54, 1.807) is 6.92 Å². The number of esters is 1. The van der Waals surface area contributed by atoms with E-state index in [4.69, 9.17) is 0 Å². The Morgan fingerprint density at radius 3 is 3.00 bits per heavy atom. The maximum atomic E-state index is 11.0. The lowest BCUT2D eigenvalue weighted by Gasteiger charge is -2.09. The summed E-state index contributed by atoms with van der Waals surface area (Å²) in [6, 6.07) is 0. The first-order chi connectivity index (χ1) is 8.02. The van der Waals surface area contributed by atoms with Crippen LogP contribution in [0.5, 0.6) is 0 Å². The second kappa shape index (κ2) is 5.94. The van der Waals surface area contributed by atoms with Gasteiger partial charge in [-0.1, -0.05) is 0 Å². The van der Waals surface area contributed by atoms with Crippen molar-refractivity contribution in [2.24, 2.45) is 0 Å². The molecule has 1 aromatic heterocycles. The van der Waals surface area contributed by atoms with Crippen LogP contribution in [0.15, 0.2) is 12.5 Å². The Labute approximate surface area is 97.0 Å². The van der Waals surface area contributed by atoms with Crippen molar-refractivity contribution in [2.45, 2.75) is 26.0 Å². The van der Waals surface area contributed by atoms with E-state index < -0.39 is 17.0 Å². The van der Waals surface area contributed by atoms with Crippen LogP contribution in [0.1, 0.15) is 13.3 Å². The van der Waals surface area contributed by atoms with Crippen LogP contribution in [-0.2, 0) is 16.1 Å². The van der Waals surface area contributed by atoms with Crippen molar-refractivity contribution in [2.75, 3.05) is 6.61 Å². The molecule has 1 heterocycles. The molecule has 1 N–H and O–H groups in total. The number of rotatable bonds is 6. The van der Waals surface area contributed by atoms with Gasteiger partial charge in [0.05, 0.1) is 25.7 Å². The van der Waals surface area contributed by atoms with Gasteiger partial charge in [-0.3, -0.25) is 4.79 Å². The third-order valence-electron chi connectivity index (χ3n) is 1.94. The summed E-state index contributed by atoms with van der Waals surface area (Å²) in [5.41, 5.74) is 0. The van der Waals surface area contributed by atoms with Gasteiger partial charge in [0.1, 0.15) is 6.20 Å². The van der Waals surface area contributed by atoms with Gasteiger partial charge < -0.3 is 24.5 Å². The number of carbonyl (C=O) groups is 1. The zero-order chi connectivity index (χ0) is 12.8. The summed E-state index contributed by atoms with van der Waals surface area (Å²) in [6.45, 7) is 1.98. The Bertz CT molecular complexity index is 403. The van der Waals surface area contributed by atoms with Crippen molar-refractivity contribution in [1.29, 1.82) is 0 Å². The number of carbonyl (C=O) groups excluding carboxylic acids is 1. The van der Waals surface area contributed by atoms with Gasteiger partial charge in [0.2, 0.25) is 6.33 Å². The minimum atomic E-state index is -0.956. The van der Waals surface area contributed by atoms with Gasteiger partial charge >= 0.3 is 11.8 Å². The molecule has 1 atom stereocenters. The van der Waals surface area contributed by atoms with E-state index in [0.717, 1.165) is 0 Å². The van der Waals surface area contributed by atoms with E-state index in [2.05, 4.69) is 9.72 Å². The first-order valence-electron chi connectivity index (χ1n) is 5.02. The molecule has 0 saturated heterocycles. The zero-order valence-corrected chi connectivity index (χ0v) is 9.28. The minimum absolute atomic E-state index is 0.0552. The molecule has 0 aliphatic heterocycles. The number of ether oxygens (including phenoxy) is 1. The monoisotopic (exact) mass is 243 g/mol. The predicted octanol–water partition coefficient (Wildman–Crippen LogP) is 0.105. The molecule has 1 aromatic rings. The van der Waals surface area contributed by atoms with E-state index in [1.165, 1.54) is 17.1 Å². The number of hydrogen-bond donors (Lipinski definition) is 1. The van der Waals surface area contributed by atoms with Gasteiger partial charge in [0.25, 0.3) is 0 Å². The maximum absolute atomic E-state index is 11.0. The molecule has 0 radical (unpaired) electrons. The van der Waals surface area contributed by atoms with Crippen molar-refractivity contribution in [3.05, 3.63) is 22.6 Å². The molecular formula is C9H13N3O5. The van der Waals surface area contributed by atoms with Crippen LogP contribution in [0.4, 0.5) is 5.82 Å². The van der Waals surface area contributed by atoms with Crippen molar-refractivity contribution >= 4 is 11.8 Å². The fourth-order valence-corrected chi connectivity index (χ4v) is 1.26. The van der Waals surface area contributed by atoms with Gasteiger partial charge in [-0.25, -0.2) is 0 Å². The number of hydrogen-bond acceptors (Lipinski definition) is 6. The van der Waals surface area contributed by atoms with E-state index in [0.29, 0.717) is 0 Å². The molecule has 94 valence electrons. The van der Waals surface area contributed by atoms with Gasteiger partial charge in [0, 0.05) is 0 Å². The van der Waals surface area contributed by atoms with E-state index in [1.807, 2.05) is 0 Å². The summed E-state index contributed by atoms with van der Waals surface area (Å²) >= 11 is 0. The molecule has 8 nitrogen and oxygen atoms in total. The Hall–Kier alpha value is -1.96. The molecule has 0 aliphatic rings. The van der Waals surface area contributed by atoms with Gasteiger partial charge in [-0.05, 0) is 16.8 Å². The molecule has 1 unspecified atom stereocenters. The first-order valence-corrected chi connectivity index (χ1v) is 5.02. The van der Waals surface area contributed by atoms with Crippen LogP contribution in [0.2, 0.25) is 0 Å². The standard InChI is InChI=1S/C9H13N3O5/c1-2-17-9(14)3-7(13)4-11-5-8(10-6-11)12(15)16/h5-7,13H,2-4H2,1H3. The highest BCUT2D eigenvalue weighted by atomic mass is 16.6. The molecule has 8 heteroatoms. The highest BCUT2D eigenvalue weighted by molar-refractivity contribution is 5.69. The molecule has 0 saturated carbocycles. The minimum Gasteiger partial charge on any atom is -0.466 e. The van der Waals surface area contributed by atoms with Crippen LogP contribution < -0.4 is 0 Å². The van der Waals surface area contributed by atoms with Crippen molar-refractivity contribution in [3.8, 4) is 0 Å². The lowest BCUT2D eigenvalue weighted by atomic mass is 10.2. The van der Waals surface area contributed by atoms with Crippen LogP contribution in [0.25, 0.3) is 0 Å². The normalized spacial score (nSPS) is 12.1. The number of nitrogens with zero attached hydrogens (tertiary/aromatic N) is 3. The highest BCUT2D eigenvalue weighted by Crippen LogP contribution is 2.07. The number of aliphatic hydroxyl groups is 1. The first kappa shape index (κ1) is 13.1. The third-order valence-corrected chi connectivity index (χ3v) is 1.94. The molecular weight excluding hydrogens is 230 g/mol. The summed E-state index contributed by atoms with van der Waals surface area (Å²) < 4.78 is 6.01. The number of nitro groups is 1. The highest BCUT2D eigenvalue weighted by Gasteiger charge is 2.15. The van der Waals surface area contributed by atoms with Crippen LogP contribution >= 0.6 is 0 Å². The summed E-state index contributed by atoms with van der Waals surface area (Å²) in [4.78, 5) is 24.3. The second-order valence-electron chi connectivity index (χ2n) is 3.35. The number of aliphatic hydroxyl groups excluding tert-OH is 1. The van der Waals surface area contributed by atoms with Gasteiger partial charge in [-0.2, -0.15) is 0 Å². The fraction of sp³-hybridized carbons (Fsp3) is 0.556. The van der Waals surface area contributed by atoms with E-state index in [-0.39, 0.29) is 25.4 Å². The van der Waals surface area contributed by atoms with Gasteiger partial charge in [-0.15, -0.1) is 0 Å². The summed E-state index contributed by atoms with van der Waals surface area (Å²) in [5, 5.41) is 19.9. The molecule has 0 amide bonds. The fourth-order valence-electron chi connectivity index (χ4n) is 1.26. The Morgan fingerprint density at radius 2 is 2.47 bits per heavy atom. The topological polar surface area (TPSA) is 107 Å². The van der Waals surface area contributed by atoms with Crippen LogP contribution in [0, 0.1) is 10.1 Å².